The molecular weight excluding hydrogens is 184 g/mol. The van der Waals surface area contributed by atoms with Gasteiger partial charge in [-0.25, -0.2) is 0 Å². The molecule has 0 aromatic heterocycles. The minimum absolute atomic E-state index is 0.130. The van der Waals surface area contributed by atoms with Gasteiger partial charge < -0.3 is 0 Å². The van der Waals surface area contributed by atoms with Crippen LogP contribution in [0.25, 0.3) is 0 Å². The third-order valence-corrected chi connectivity index (χ3v) is 3.10. The van der Waals surface area contributed by atoms with Gasteiger partial charge in [-0.1, -0.05) is 39.3 Å². The number of rotatable bonds is 2. The van der Waals surface area contributed by atoms with E-state index in [1.54, 1.807) is 13.0 Å². The smallest absolute Gasteiger partial charge is 0.152 e. The van der Waals surface area contributed by atoms with Crippen LogP contribution in [0.4, 0.5) is 0 Å². The highest BCUT2D eigenvalue weighted by Gasteiger charge is 2.21. The normalized spacial score (nSPS) is 26.1. The molecule has 1 unspecified atom stereocenters. The van der Waals surface area contributed by atoms with E-state index in [4.69, 9.17) is 0 Å². The van der Waals surface area contributed by atoms with E-state index in [1.165, 1.54) is 24.8 Å². The number of hydrogen-bond acceptors (Lipinski definition) is 1. The molecule has 0 fully saturated rings. The quantitative estimate of drug-likeness (QED) is 0.626. The Morgan fingerprint density at radius 1 is 1.53 bits per heavy atom. The minimum Gasteiger partial charge on any atom is -0.295 e. The van der Waals surface area contributed by atoms with Crippen LogP contribution < -0.4 is 0 Å². The lowest BCUT2D eigenvalue weighted by atomic mass is 9.87. The molecule has 84 valence electrons. The first kappa shape index (κ1) is 12.2. The van der Waals surface area contributed by atoms with E-state index in [2.05, 4.69) is 26.8 Å². The van der Waals surface area contributed by atoms with Gasteiger partial charge in [-0.2, -0.15) is 0 Å². The van der Waals surface area contributed by atoms with Gasteiger partial charge in [0, 0.05) is 0 Å². The molecular formula is C14H22O. The van der Waals surface area contributed by atoms with Crippen molar-refractivity contribution in [3.8, 4) is 0 Å². The molecule has 1 nitrogen and oxygen atoms in total. The van der Waals surface area contributed by atoms with Crippen LogP contribution in [0.2, 0.25) is 0 Å². The largest absolute Gasteiger partial charge is 0.295 e. The van der Waals surface area contributed by atoms with Crippen LogP contribution in [-0.4, -0.2) is 5.78 Å². The maximum Gasteiger partial charge on any atom is 0.152 e. The molecule has 0 N–H and O–H groups in total. The molecule has 0 aromatic carbocycles. The lowest BCUT2D eigenvalue weighted by Crippen LogP contribution is -2.06. The Kier molecular flexibility index (Phi) is 3.90. The van der Waals surface area contributed by atoms with Crippen molar-refractivity contribution in [3.05, 3.63) is 23.8 Å². The summed E-state index contributed by atoms with van der Waals surface area (Å²) in [6.07, 6.45) is 9.78. The highest BCUT2D eigenvalue weighted by molar-refractivity contribution is 5.87. The van der Waals surface area contributed by atoms with E-state index in [0.29, 0.717) is 5.92 Å². The van der Waals surface area contributed by atoms with E-state index in [1.807, 2.05) is 6.08 Å². The van der Waals surface area contributed by atoms with Crippen molar-refractivity contribution in [2.24, 2.45) is 11.3 Å². The maximum atomic E-state index is 10.9. The van der Waals surface area contributed by atoms with Crippen LogP contribution in [0.15, 0.2) is 23.8 Å². The van der Waals surface area contributed by atoms with Crippen LogP contribution >= 0.6 is 0 Å². The number of hydrogen-bond donors (Lipinski definition) is 0. The zero-order valence-corrected chi connectivity index (χ0v) is 10.3. The fourth-order valence-corrected chi connectivity index (χ4v) is 2.12. The van der Waals surface area contributed by atoms with Crippen molar-refractivity contribution < 1.29 is 4.79 Å². The molecule has 0 spiro atoms. The van der Waals surface area contributed by atoms with Gasteiger partial charge >= 0.3 is 0 Å². The summed E-state index contributed by atoms with van der Waals surface area (Å²) in [4.78, 5) is 10.9. The molecule has 0 amide bonds. The number of carbonyl (C=O) groups excluding carboxylic acids is 1. The lowest BCUT2D eigenvalue weighted by molar-refractivity contribution is -0.112. The van der Waals surface area contributed by atoms with Gasteiger partial charge in [0.15, 0.2) is 5.78 Å². The molecule has 0 aromatic rings. The molecule has 0 heterocycles. The summed E-state index contributed by atoms with van der Waals surface area (Å²) in [6.45, 7) is 8.39. The first-order chi connectivity index (χ1) is 6.91. The van der Waals surface area contributed by atoms with Crippen molar-refractivity contribution in [1.29, 1.82) is 0 Å². The second-order valence-corrected chi connectivity index (χ2v) is 5.37. The van der Waals surface area contributed by atoms with E-state index < -0.39 is 0 Å². The molecule has 0 bridgehead atoms. The maximum absolute atomic E-state index is 10.9. The Bertz CT molecular complexity index is 294. The van der Waals surface area contributed by atoms with Gasteiger partial charge in [0.1, 0.15) is 0 Å². The summed E-state index contributed by atoms with van der Waals surface area (Å²) in [5.41, 5.74) is 1.61. The Morgan fingerprint density at radius 2 is 2.20 bits per heavy atom. The zero-order chi connectivity index (χ0) is 11.5. The molecule has 0 saturated carbocycles. The standard InChI is InChI=1S/C14H22O/c1-11-6-5-9-14(3,4)10-13(11)8-7-12(2)15/h7-8,10-11H,5-6,9H2,1-4H3/b8-7+. The highest BCUT2D eigenvalue weighted by Crippen LogP contribution is 2.34. The molecule has 0 saturated heterocycles. The number of ketones is 1. The average molecular weight is 206 g/mol. The lowest BCUT2D eigenvalue weighted by Gasteiger charge is -2.18. The summed E-state index contributed by atoms with van der Waals surface area (Å²) in [7, 11) is 0. The first-order valence-corrected chi connectivity index (χ1v) is 5.82. The van der Waals surface area contributed by atoms with E-state index in [0.717, 1.165) is 0 Å². The topological polar surface area (TPSA) is 17.1 Å². The van der Waals surface area contributed by atoms with Crippen molar-refractivity contribution in [2.75, 3.05) is 0 Å². The summed E-state index contributed by atoms with van der Waals surface area (Å²) in [6, 6.07) is 0. The molecule has 0 aliphatic heterocycles. The average Bonchev–Trinajstić information content (AvgIpc) is 2.22. The minimum atomic E-state index is 0.130. The van der Waals surface area contributed by atoms with Gasteiger partial charge in [0.05, 0.1) is 0 Å². The molecule has 1 aliphatic rings. The van der Waals surface area contributed by atoms with Crippen molar-refractivity contribution >= 4 is 5.78 Å². The van der Waals surface area contributed by atoms with Crippen LogP contribution in [0.3, 0.4) is 0 Å². The van der Waals surface area contributed by atoms with Crippen LogP contribution in [0.1, 0.15) is 47.0 Å². The van der Waals surface area contributed by atoms with Crippen LogP contribution in [0, 0.1) is 11.3 Å². The van der Waals surface area contributed by atoms with Crippen molar-refractivity contribution in [2.45, 2.75) is 47.0 Å². The molecule has 1 atom stereocenters. The van der Waals surface area contributed by atoms with Gasteiger partial charge in [-0.3, -0.25) is 4.79 Å². The number of carbonyl (C=O) groups is 1. The monoisotopic (exact) mass is 206 g/mol. The molecule has 1 rings (SSSR count). The summed E-state index contributed by atoms with van der Waals surface area (Å²) >= 11 is 0. The molecule has 15 heavy (non-hydrogen) atoms. The van der Waals surface area contributed by atoms with E-state index in [-0.39, 0.29) is 11.2 Å². The Morgan fingerprint density at radius 3 is 2.80 bits per heavy atom. The van der Waals surface area contributed by atoms with Gasteiger partial charge in [-0.15, -0.1) is 0 Å². The van der Waals surface area contributed by atoms with Crippen molar-refractivity contribution in [3.63, 3.8) is 0 Å². The fourth-order valence-electron chi connectivity index (χ4n) is 2.12. The highest BCUT2D eigenvalue weighted by atomic mass is 16.1. The predicted octanol–water partition coefficient (Wildman–Crippen LogP) is 3.90. The molecule has 0 radical (unpaired) electrons. The van der Waals surface area contributed by atoms with Crippen molar-refractivity contribution in [1.82, 2.24) is 0 Å². The third kappa shape index (κ3) is 4.03. The SMILES string of the molecule is CC(=O)/C=C/C1=CC(C)(C)CCCC1C. The summed E-state index contributed by atoms with van der Waals surface area (Å²) in [5, 5.41) is 0. The van der Waals surface area contributed by atoms with E-state index >= 15 is 0 Å². The molecule has 1 heteroatoms. The van der Waals surface area contributed by atoms with Gasteiger partial charge in [0.2, 0.25) is 0 Å². The second-order valence-electron chi connectivity index (χ2n) is 5.37. The van der Waals surface area contributed by atoms with Gasteiger partial charge in [-0.05, 0) is 42.7 Å². The fraction of sp³-hybridized carbons (Fsp3) is 0.643. The third-order valence-electron chi connectivity index (χ3n) is 3.10. The van der Waals surface area contributed by atoms with Gasteiger partial charge in [0.25, 0.3) is 0 Å². The first-order valence-electron chi connectivity index (χ1n) is 5.82. The zero-order valence-electron chi connectivity index (χ0n) is 10.3. The Hall–Kier alpha value is -0.850. The predicted molar refractivity (Wildman–Crippen MR) is 64.7 cm³/mol. The Balaban J connectivity index is 2.89. The number of allylic oxidation sites excluding steroid dienone is 4. The van der Waals surface area contributed by atoms with Crippen LogP contribution in [-0.2, 0) is 4.79 Å². The summed E-state index contributed by atoms with van der Waals surface area (Å²) < 4.78 is 0. The van der Waals surface area contributed by atoms with Crippen LogP contribution in [0.5, 0.6) is 0 Å². The summed E-state index contributed by atoms with van der Waals surface area (Å²) in [5.74, 6) is 0.715. The molecule has 1 aliphatic carbocycles. The Labute approximate surface area is 93.3 Å². The van der Waals surface area contributed by atoms with E-state index in [9.17, 15) is 4.79 Å². The second kappa shape index (κ2) is 4.78.